The molecule has 0 aromatic heterocycles. The quantitative estimate of drug-likeness (QED) is 0.470. The van der Waals surface area contributed by atoms with Crippen molar-refractivity contribution in [1.29, 1.82) is 0 Å². The average molecular weight is 114 g/mol. The van der Waals surface area contributed by atoms with Crippen LogP contribution in [0.2, 0.25) is 0 Å². The first kappa shape index (κ1) is 4.91. The van der Waals surface area contributed by atoms with E-state index in [9.17, 15) is 4.79 Å². The minimum Gasteiger partial charge on any atom is -0.294 e. The zero-order valence-electron chi connectivity index (χ0n) is 4.05. The molecule has 0 aliphatic carbocycles. The summed E-state index contributed by atoms with van der Waals surface area (Å²) in [5.41, 5.74) is 0. The van der Waals surface area contributed by atoms with Gasteiger partial charge in [-0.1, -0.05) is 0 Å². The second-order valence-corrected chi connectivity index (χ2v) is 2.73. The normalized spacial score (nSPS) is 29.3. The van der Waals surface area contributed by atoms with Crippen LogP contribution in [0.3, 0.4) is 0 Å². The summed E-state index contributed by atoms with van der Waals surface area (Å²) in [6.07, 6.45) is 1.62. The fourth-order valence-corrected chi connectivity index (χ4v) is 1.09. The molecule has 0 spiro atoms. The summed E-state index contributed by atoms with van der Waals surface area (Å²) in [5, 5.41) is 2.02. The molecule has 0 saturated carbocycles. The summed E-state index contributed by atoms with van der Waals surface area (Å²) in [6, 6.07) is 0. The molecule has 0 aromatic carbocycles. The number of ketones is 1. The zero-order valence-corrected chi connectivity index (χ0v) is 4.87. The van der Waals surface area contributed by atoms with Gasteiger partial charge >= 0.3 is 0 Å². The third kappa shape index (κ3) is 0.855. The summed E-state index contributed by atoms with van der Waals surface area (Å²) in [4.78, 5) is 10.5. The highest BCUT2D eigenvalue weighted by Gasteiger charge is 2.12. The number of thioether (sulfide) groups is 1. The number of carbonyl (C=O) groups is 1. The SMILES string of the molecule is CC1SC=CC1=O. The van der Waals surface area contributed by atoms with E-state index in [2.05, 4.69) is 0 Å². The van der Waals surface area contributed by atoms with Crippen LogP contribution in [0.15, 0.2) is 11.5 Å². The first-order valence-corrected chi connectivity index (χ1v) is 3.11. The first-order chi connectivity index (χ1) is 3.30. The summed E-state index contributed by atoms with van der Waals surface area (Å²) < 4.78 is 0. The van der Waals surface area contributed by atoms with Crippen molar-refractivity contribution < 1.29 is 4.79 Å². The lowest BCUT2D eigenvalue weighted by Crippen LogP contribution is -2.02. The van der Waals surface area contributed by atoms with Crippen LogP contribution in [0.25, 0.3) is 0 Å². The van der Waals surface area contributed by atoms with Gasteiger partial charge in [0.2, 0.25) is 0 Å². The molecule has 7 heavy (non-hydrogen) atoms. The number of hydrogen-bond donors (Lipinski definition) is 0. The molecule has 1 aliphatic heterocycles. The van der Waals surface area contributed by atoms with Crippen molar-refractivity contribution in [2.75, 3.05) is 0 Å². The van der Waals surface area contributed by atoms with Gasteiger partial charge in [-0.3, -0.25) is 4.79 Å². The highest BCUT2D eigenvalue weighted by Crippen LogP contribution is 2.19. The van der Waals surface area contributed by atoms with Crippen molar-refractivity contribution in [1.82, 2.24) is 0 Å². The van der Waals surface area contributed by atoms with Gasteiger partial charge in [0.25, 0.3) is 0 Å². The minimum absolute atomic E-state index is 0.181. The second kappa shape index (κ2) is 1.70. The van der Waals surface area contributed by atoms with Crippen LogP contribution in [-0.4, -0.2) is 11.0 Å². The van der Waals surface area contributed by atoms with Crippen molar-refractivity contribution in [3.63, 3.8) is 0 Å². The van der Waals surface area contributed by atoms with Crippen LogP contribution in [0, 0.1) is 0 Å². The van der Waals surface area contributed by atoms with Crippen LogP contribution in [0.5, 0.6) is 0 Å². The molecular formula is C5H6OS. The van der Waals surface area contributed by atoms with E-state index in [-0.39, 0.29) is 11.0 Å². The van der Waals surface area contributed by atoms with E-state index in [1.807, 2.05) is 12.3 Å². The number of carbonyl (C=O) groups excluding carboxylic acids is 1. The summed E-state index contributed by atoms with van der Waals surface area (Å²) in [7, 11) is 0. The Morgan fingerprint density at radius 3 is 2.71 bits per heavy atom. The molecular weight excluding hydrogens is 108 g/mol. The number of allylic oxidation sites excluding steroid dienone is 1. The minimum atomic E-state index is 0.181. The predicted molar refractivity (Wildman–Crippen MR) is 31.2 cm³/mol. The Morgan fingerprint density at radius 2 is 2.57 bits per heavy atom. The van der Waals surface area contributed by atoms with Crippen molar-refractivity contribution >= 4 is 17.5 Å². The van der Waals surface area contributed by atoms with Gasteiger partial charge in [0.15, 0.2) is 5.78 Å². The molecule has 1 rings (SSSR count). The maximum atomic E-state index is 10.5. The molecule has 1 atom stereocenters. The number of rotatable bonds is 0. The third-order valence-electron chi connectivity index (χ3n) is 0.916. The van der Waals surface area contributed by atoms with Crippen LogP contribution < -0.4 is 0 Å². The van der Waals surface area contributed by atoms with E-state index in [0.717, 1.165) is 0 Å². The molecule has 0 amide bonds. The molecule has 2 heteroatoms. The molecule has 38 valence electrons. The molecule has 0 aromatic rings. The van der Waals surface area contributed by atoms with E-state index >= 15 is 0 Å². The van der Waals surface area contributed by atoms with Crippen LogP contribution in [-0.2, 0) is 4.79 Å². The highest BCUT2D eigenvalue weighted by atomic mass is 32.2. The third-order valence-corrected chi connectivity index (χ3v) is 1.85. The monoisotopic (exact) mass is 114 g/mol. The summed E-state index contributed by atoms with van der Waals surface area (Å²) in [6.45, 7) is 1.91. The van der Waals surface area contributed by atoms with Gasteiger partial charge < -0.3 is 0 Å². The zero-order chi connectivity index (χ0) is 5.28. The largest absolute Gasteiger partial charge is 0.294 e. The molecule has 1 aliphatic rings. The van der Waals surface area contributed by atoms with Crippen molar-refractivity contribution in [2.24, 2.45) is 0 Å². The Hall–Kier alpha value is -0.240. The lowest BCUT2D eigenvalue weighted by atomic mass is 10.3. The van der Waals surface area contributed by atoms with Gasteiger partial charge in [-0.15, -0.1) is 11.8 Å². The van der Waals surface area contributed by atoms with Crippen LogP contribution >= 0.6 is 11.8 Å². The maximum absolute atomic E-state index is 10.5. The van der Waals surface area contributed by atoms with Gasteiger partial charge in [0.05, 0.1) is 5.25 Å². The molecule has 0 fully saturated rings. The van der Waals surface area contributed by atoms with E-state index in [1.165, 1.54) is 0 Å². The summed E-state index contributed by atoms with van der Waals surface area (Å²) in [5.74, 6) is 0.241. The molecule has 1 nitrogen and oxygen atoms in total. The molecule has 0 N–H and O–H groups in total. The highest BCUT2D eigenvalue weighted by molar-refractivity contribution is 8.03. The Kier molecular flexibility index (Phi) is 1.19. The standard InChI is InChI=1S/C5H6OS/c1-4-5(6)2-3-7-4/h2-4H,1H3. The van der Waals surface area contributed by atoms with Crippen molar-refractivity contribution in [3.8, 4) is 0 Å². The van der Waals surface area contributed by atoms with Crippen LogP contribution in [0.1, 0.15) is 6.92 Å². The Labute approximate surface area is 46.8 Å². The number of hydrogen-bond acceptors (Lipinski definition) is 2. The fraction of sp³-hybridized carbons (Fsp3) is 0.400. The smallest absolute Gasteiger partial charge is 0.169 e. The predicted octanol–water partition coefficient (Wildman–Crippen LogP) is 1.20. The average Bonchev–Trinajstić information content (AvgIpc) is 1.91. The van der Waals surface area contributed by atoms with E-state index < -0.39 is 0 Å². The van der Waals surface area contributed by atoms with Crippen LogP contribution in [0.4, 0.5) is 0 Å². The van der Waals surface area contributed by atoms with Gasteiger partial charge in [-0.05, 0) is 18.4 Å². The van der Waals surface area contributed by atoms with Gasteiger partial charge in [-0.2, -0.15) is 0 Å². The Balaban J connectivity index is 2.62. The van der Waals surface area contributed by atoms with E-state index in [1.54, 1.807) is 17.8 Å². The van der Waals surface area contributed by atoms with Gasteiger partial charge in [0.1, 0.15) is 0 Å². The van der Waals surface area contributed by atoms with Gasteiger partial charge in [0, 0.05) is 0 Å². The second-order valence-electron chi connectivity index (χ2n) is 1.48. The molecule has 0 saturated heterocycles. The molecule has 1 heterocycles. The molecule has 1 unspecified atom stereocenters. The van der Waals surface area contributed by atoms with Crippen molar-refractivity contribution in [3.05, 3.63) is 11.5 Å². The Bertz CT molecular complexity index is 117. The maximum Gasteiger partial charge on any atom is 0.169 e. The molecule has 0 radical (unpaired) electrons. The van der Waals surface area contributed by atoms with Gasteiger partial charge in [-0.25, -0.2) is 0 Å². The first-order valence-electron chi connectivity index (χ1n) is 2.16. The fourth-order valence-electron chi connectivity index (χ4n) is 0.427. The Morgan fingerprint density at radius 1 is 1.86 bits per heavy atom. The van der Waals surface area contributed by atoms with E-state index in [4.69, 9.17) is 0 Å². The molecule has 0 bridgehead atoms. The lowest BCUT2D eigenvalue weighted by Gasteiger charge is -1.91. The topological polar surface area (TPSA) is 17.1 Å². The lowest BCUT2D eigenvalue weighted by molar-refractivity contribution is -0.113. The van der Waals surface area contributed by atoms with Crippen molar-refractivity contribution in [2.45, 2.75) is 12.2 Å². The van der Waals surface area contributed by atoms with E-state index in [0.29, 0.717) is 0 Å². The summed E-state index contributed by atoms with van der Waals surface area (Å²) >= 11 is 1.58.